The monoisotopic (exact) mass is 249 g/mol. The van der Waals surface area contributed by atoms with E-state index in [0.717, 1.165) is 12.8 Å². The second-order valence-corrected chi connectivity index (χ2v) is 5.56. The van der Waals surface area contributed by atoms with Gasteiger partial charge in [0.25, 0.3) is 0 Å². The Balaban J connectivity index is 2.21. The molecule has 1 N–H and O–H groups in total. The third-order valence-electron chi connectivity index (χ3n) is 3.80. The van der Waals surface area contributed by atoms with Crippen LogP contribution < -0.4 is 5.32 Å². The lowest BCUT2D eigenvalue weighted by molar-refractivity contribution is -0.388. The summed E-state index contributed by atoms with van der Waals surface area (Å²) in [6, 6.07) is 3.73. The molecule has 0 saturated heterocycles. The van der Waals surface area contributed by atoms with Crippen molar-refractivity contribution in [1.82, 2.24) is 4.98 Å². The van der Waals surface area contributed by atoms with Crippen molar-refractivity contribution in [2.24, 2.45) is 5.41 Å². The van der Waals surface area contributed by atoms with Crippen molar-refractivity contribution >= 4 is 11.5 Å². The predicted octanol–water partition coefficient (Wildman–Crippen LogP) is 3.37. The Morgan fingerprint density at radius 2 is 2.28 bits per heavy atom. The van der Waals surface area contributed by atoms with Crippen LogP contribution in [0.2, 0.25) is 0 Å². The number of rotatable bonds is 3. The third-order valence-corrected chi connectivity index (χ3v) is 3.80. The maximum atomic E-state index is 10.9. The standard InChI is InChI=1S/C13H19N3O2/c1-13(2)8-4-3-7-11(13)15-10-6-5-9-14-12(10)16(17)18/h5-6,9,11,15H,3-4,7-8H2,1-2H3. The van der Waals surface area contributed by atoms with Crippen LogP contribution in [0.3, 0.4) is 0 Å². The first kappa shape index (κ1) is 12.8. The maximum Gasteiger partial charge on any atom is 0.386 e. The van der Waals surface area contributed by atoms with Crippen molar-refractivity contribution in [1.29, 1.82) is 0 Å². The van der Waals surface area contributed by atoms with E-state index in [1.54, 1.807) is 12.1 Å². The summed E-state index contributed by atoms with van der Waals surface area (Å²) >= 11 is 0. The number of nitro groups is 1. The van der Waals surface area contributed by atoms with Crippen molar-refractivity contribution in [2.75, 3.05) is 5.32 Å². The van der Waals surface area contributed by atoms with Crippen LogP contribution in [0.15, 0.2) is 18.3 Å². The molecule has 0 spiro atoms. The Kier molecular flexibility index (Phi) is 3.50. The zero-order chi connectivity index (χ0) is 13.2. The minimum Gasteiger partial charge on any atom is -0.375 e. The van der Waals surface area contributed by atoms with Crippen LogP contribution in [0.25, 0.3) is 0 Å². The van der Waals surface area contributed by atoms with E-state index in [9.17, 15) is 10.1 Å². The van der Waals surface area contributed by atoms with E-state index in [0.29, 0.717) is 5.69 Å². The second kappa shape index (κ2) is 4.92. The van der Waals surface area contributed by atoms with E-state index in [4.69, 9.17) is 0 Å². The van der Waals surface area contributed by atoms with Gasteiger partial charge in [0.1, 0.15) is 11.9 Å². The third kappa shape index (κ3) is 2.60. The Hall–Kier alpha value is -1.65. The van der Waals surface area contributed by atoms with Gasteiger partial charge in [-0.1, -0.05) is 26.7 Å². The first-order valence-corrected chi connectivity index (χ1v) is 6.37. The van der Waals surface area contributed by atoms with Crippen molar-refractivity contribution < 1.29 is 4.92 Å². The molecule has 0 aromatic carbocycles. The number of hydrogen-bond donors (Lipinski definition) is 1. The summed E-state index contributed by atoms with van der Waals surface area (Å²) in [7, 11) is 0. The molecule has 0 bridgehead atoms. The van der Waals surface area contributed by atoms with Crippen LogP contribution in [0.4, 0.5) is 11.5 Å². The minimum atomic E-state index is -0.432. The van der Waals surface area contributed by atoms with Gasteiger partial charge in [0.15, 0.2) is 0 Å². The largest absolute Gasteiger partial charge is 0.386 e. The predicted molar refractivity (Wildman–Crippen MR) is 70.6 cm³/mol. The molecular formula is C13H19N3O2. The molecule has 1 saturated carbocycles. The molecule has 1 fully saturated rings. The highest BCUT2D eigenvalue weighted by Crippen LogP contribution is 2.38. The molecule has 1 aliphatic rings. The number of nitrogens with one attached hydrogen (secondary N) is 1. The molecule has 18 heavy (non-hydrogen) atoms. The molecule has 5 nitrogen and oxygen atoms in total. The van der Waals surface area contributed by atoms with E-state index < -0.39 is 4.92 Å². The average Bonchev–Trinajstić information content (AvgIpc) is 2.32. The van der Waals surface area contributed by atoms with Crippen molar-refractivity contribution in [3.8, 4) is 0 Å². The molecule has 1 aliphatic carbocycles. The van der Waals surface area contributed by atoms with E-state index >= 15 is 0 Å². The van der Waals surface area contributed by atoms with Crippen molar-refractivity contribution in [2.45, 2.75) is 45.6 Å². The molecule has 2 rings (SSSR count). The molecule has 0 amide bonds. The van der Waals surface area contributed by atoms with E-state index in [1.165, 1.54) is 19.0 Å². The number of pyridine rings is 1. The number of hydrogen-bond acceptors (Lipinski definition) is 4. The Morgan fingerprint density at radius 1 is 1.50 bits per heavy atom. The summed E-state index contributed by atoms with van der Waals surface area (Å²) in [4.78, 5) is 14.3. The molecule has 1 atom stereocenters. The number of aromatic nitrogens is 1. The minimum absolute atomic E-state index is 0.0844. The first-order chi connectivity index (χ1) is 8.50. The lowest BCUT2D eigenvalue weighted by atomic mass is 9.73. The molecule has 98 valence electrons. The molecule has 5 heteroatoms. The summed E-state index contributed by atoms with van der Waals surface area (Å²) in [5.41, 5.74) is 0.699. The van der Waals surface area contributed by atoms with Crippen LogP contribution >= 0.6 is 0 Å². The summed E-state index contributed by atoms with van der Waals surface area (Å²) in [6.45, 7) is 4.43. The zero-order valence-corrected chi connectivity index (χ0v) is 10.8. The fourth-order valence-electron chi connectivity index (χ4n) is 2.60. The van der Waals surface area contributed by atoms with Crippen molar-refractivity contribution in [3.05, 3.63) is 28.4 Å². The van der Waals surface area contributed by atoms with Gasteiger partial charge in [-0.05, 0) is 40.3 Å². The molecule has 0 radical (unpaired) electrons. The van der Waals surface area contributed by atoms with Gasteiger partial charge in [0, 0.05) is 6.04 Å². The maximum absolute atomic E-state index is 10.9. The molecule has 1 aromatic rings. The number of anilines is 1. The van der Waals surface area contributed by atoms with Gasteiger partial charge in [-0.25, -0.2) is 0 Å². The quantitative estimate of drug-likeness (QED) is 0.658. The molecule has 1 aromatic heterocycles. The van der Waals surface area contributed by atoms with Gasteiger partial charge in [-0.2, -0.15) is 0 Å². The van der Waals surface area contributed by atoms with Gasteiger partial charge < -0.3 is 15.4 Å². The summed E-state index contributed by atoms with van der Waals surface area (Å²) < 4.78 is 0. The van der Waals surface area contributed by atoms with Crippen molar-refractivity contribution in [3.63, 3.8) is 0 Å². The highest BCUT2D eigenvalue weighted by molar-refractivity contribution is 5.57. The molecule has 0 aliphatic heterocycles. The summed E-state index contributed by atoms with van der Waals surface area (Å²) in [5.74, 6) is -0.0844. The smallest absolute Gasteiger partial charge is 0.375 e. The SMILES string of the molecule is CC1(C)CCCCC1Nc1cccnc1[N+](=O)[O-]. The van der Waals surface area contributed by atoms with Gasteiger partial charge in [-0.3, -0.25) is 0 Å². The first-order valence-electron chi connectivity index (χ1n) is 6.37. The second-order valence-electron chi connectivity index (χ2n) is 5.56. The Bertz CT molecular complexity index is 446. The van der Waals surface area contributed by atoms with E-state index in [-0.39, 0.29) is 17.3 Å². The molecule has 1 heterocycles. The van der Waals surface area contributed by atoms with E-state index in [2.05, 4.69) is 24.1 Å². The normalized spacial score (nSPS) is 22.4. The zero-order valence-electron chi connectivity index (χ0n) is 10.8. The fourth-order valence-corrected chi connectivity index (χ4v) is 2.60. The fraction of sp³-hybridized carbons (Fsp3) is 0.615. The van der Waals surface area contributed by atoms with Crippen LogP contribution in [0.5, 0.6) is 0 Å². The van der Waals surface area contributed by atoms with Gasteiger partial charge in [0.2, 0.25) is 0 Å². The van der Waals surface area contributed by atoms with Gasteiger partial charge in [-0.15, -0.1) is 0 Å². The lowest BCUT2D eigenvalue weighted by Gasteiger charge is -2.39. The topological polar surface area (TPSA) is 68.1 Å². The summed E-state index contributed by atoms with van der Waals surface area (Å²) in [5, 5.41) is 14.2. The Labute approximate surface area is 107 Å². The Morgan fingerprint density at radius 3 is 2.94 bits per heavy atom. The highest BCUT2D eigenvalue weighted by atomic mass is 16.6. The molecule has 1 unspecified atom stereocenters. The van der Waals surface area contributed by atoms with Crippen LogP contribution in [0, 0.1) is 15.5 Å². The van der Waals surface area contributed by atoms with Crippen LogP contribution in [0.1, 0.15) is 39.5 Å². The van der Waals surface area contributed by atoms with Crippen LogP contribution in [-0.2, 0) is 0 Å². The van der Waals surface area contributed by atoms with Gasteiger partial charge in [0.05, 0.1) is 0 Å². The number of nitrogens with zero attached hydrogens (tertiary/aromatic N) is 2. The van der Waals surface area contributed by atoms with Gasteiger partial charge >= 0.3 is 5.82 Å². The summed E-state index contributed by atoms with van der Waals surface area (Å²) in [6.07, 6.45) is 6.07. The lowest BCUT2D eigenvalue weighted by Crippen LogP contribution is -2.39. The average molecular weight is 249 g/mol. The molecular weight excluding hydrogens is 230 g/mol. The van der Waals surface area contributed by atoms with Crippen LogP contribution in [-0.4, -0.2) is 15.9 Å². The highest BCUT2D eigenvalue weighted by Gasteiger charge is 2.33. The van der Waals surface area contributed by atoms with E-state index in [1.807, 2.05) is 0 Å².